The predicted octanol–water partition coefficient (Wildman–Crippen LogP) is -2.06. The molecule has 0 aliphatic carbocycles. The summed E-state index contributed by atoms with van der Waals surface area (Å²) in [5.74, 6) is 0. The monoisotopic (exact) mass is 288 g/mol. The van der Waals surface area contributed by atoms with E-state index < -0.39 is 17.7 Å². The molecule has 15 heavy (non-hydrogen) atoms. The first-order chi connectivity index (χ1) is 6.24. The van der Waals surface area contributed by atoms with E-state index >= 15 is 0 Å². The van der Waals surface area contributed by atoms with Crippen molar-refractivity contribution in [2.24, 2.45) is 0 Å². The molecular formula is C4H18O8P2S. The summed E-state index contributed by atoms with van der Waals surface area (Å²) < 4.78 is 31.6. The van der Waals surface area contributed by atoms with Gasteiger partial charge in [0.05, 0.1) is 0 Å². The molecule has 6 N–H and O–H groups in total. The summed E-state index contributed by atoms with van der Waals surface area (Å²) in [6.07, 6.45) is -1.07. The molecule has 0 saturated carbocycles. The van der Waals surface area contributed by atoms with Gasteiger partial charge in [-0.3, -0.25) is 9.11 Å². The van der Waals surface area contributed by atoms with Gasteiger partial charge in [-0.1, -0.05) is 0 Å². The second-order valence-corrected chi connectivity index (χ2v) is 7.74. The van der Waals surface area contributed by atoms with Crippen LogP contribution in [0.2, 0.25) is 0 Å². The number of aliphatic hydroxyl groups is 4. The van der Waals surface area contributed by atoms with Gasteiger partial charge in [0.15, 0.2) is 0 Å². The van der Waals surface area contributed by atoms with Gasteiger partial charge in [-0.25, -0.2) is 0 Å². The Morgan fingerprint density at radius 3 is 0.933 bits per heavy atom. The molecule has 1 unspecified atom stereocenters. The molecule has 0 bridgehead atoms. The van der Waals surface area contributed by atoms with Crippen molar-refractivity contribution < 1.29 is 37.9 Å². The molecule has 0 aliphatic rings. The molecular weight excluding hydrogens is 270 g/mol. The molecule has 0 saturated heterocycles. The van der Waals surface area contributed by atoms with Crippen LogP contribution in [0.5, 0.6) is 0 Å². The summed E-state index contributed by atoms with van der Waals surface area (Å²) in [7, 11) is -7.14. The largest absolute Gasteiger partial charge is 0.153 e. The molecule has 0 rings (SSSR count). The van der Waals surface area contributed by atoms with Gasteiger partial charge in [-0.05, 0) is 0 Å². The fourth-order valence-electron chi connectivity index (χ4n) is 0.300. The maximum atomic E-state index is 8.74. The van der Waals surface area contributed by atoms with Crippen molar-refractivity contribution in [1.29, 1.82) is 0 Å². The van der Waals surface area contributed by atoms with Crippen LogP contribution < -0.4 is 0 Å². The van der Waals surface area contributed by atoms with E-state index in [1.807, 2.05) is 0 Å². The van der Waals surface area contributed by atoms with Crippen molar-refractivity contribution in [3.8, 4) is 0 Å². The van der Waals surface area contributed by atoms with Gasteiger partial charge in [0, 0.05) is 0 Å². The standard InChI is InChI=1S/C4H13O4P.H2O4S.H3P/c5-1-9(2-6,3-7)4-8;1-5(2,3)4;/h5-9H,1-4H2;(H2,1,2,3,4);1H3. The van der Waals surface area contributed by atoms with Crippen LogP contribution in [0.15, 0.2) is 0 Å². The second kappa shape index (κ2) is 9.77. The molecule has 0 aliphatic heterocycles. The van der Waals surface area contributed by atoms with E-state index in [9.17, 15) is 0 Å². The van der Waals surface area contributed by atoms with E-state index in [0.717, 1.165) is 0 Å². The van der Waals surface area contributed by atoms with E-state index in [0.29, 0.717) is 0 Å². The van der Waals surface area contributed by atoms with Crippen LogP contribution in [0, 0.1) is 0 Å². The number of rotatable bonds is 4. The van der Waals surface area contributed by atoms with E-state index in [4.69, 9.17) is 37.9 Å². The van der Waals surface area contributed by atoms with Gasteiger partial charge >= 0.3 is 63.5 Å². The van der Waals surface area contributed by atoms with Crippen LogP contribution in [0.25, 0.3) is 0 Å². The zero-order valence-electron chi connectivity index (χ0n) is 7.94. The fraction of sp³-hybridized carbons (Fsp3) is 1.00. The Morgan fingerprint density at radius 1 is 0.800 bits per heavy atom. The fourth-order valence-corrected chi connectivity index (χ4v) is 0.900. The Balaban J connectivity index is -0.000000208. The Hall–Kier alpha value is 0.570. The van der Waals surface area contributed by atoms with E-state index in [1.165, 1.54) is 0 Å². The van der Waals surface area contributed by atoms with Crippen molar-refractivity contribution in [3.63, 3.8) is 0 Å². The van der Waals surface area contributed by atoms with E-state index in [1.54, 1.807) is 0 Å². The zero-order chi connectivity index (χ0) is 11.8. The SMILES string of the molecule is O=S(=O)(O)O.OC[PH](CO)(CO)CO.P. The Labute approximate surface area is 91.5 Å². The summed E-state index contributed by atoms with van der Waals surface area (Å²) in [6.45, 7) is 0. The van der Waals surface area contributed by atoms with Crippen LogP contribution in [-0.4, -0.2) is 63.3 Å². The van der Waals surface area contributed by atoms with Crippen LogP contribution >= 0.6 is 17.2 Å². The number of hydrogen-bond donors (Lipinski definition) is 6. The van der Waals surface area contributed by atoms with Gasteiger partial charge < -0.3 is 0 Å². The minimum Gasteiger partial charge on any atom is -0.153 e. The summed E-state index contributed by atoms with van der Waals surface area (Å²) in [5.41, 5.74) is 0. The molecule has 0 aromatic carbocycles. The van der Waals surface area contributed by atoms with E-state index in [2.05, 4.69) is 0 Å². The molecule has 0 fully saturated rings. The first kappa shape index (κ1) is 20.9. The maximum absolute atomic E-state index is 8.74. The molecule has 0 heterocycles. The van der Waals surface area contributed by atoms with Crippen LogP contribution in [0.4, 0.5) is 0 Å². The van der Waals surface area contributed by atoms with Gasteiger partial charge in [0.1, 0.15) is 0 Å². The van der Waals surface area contributed by atoms with Gasteiger partial charge in [0.25, 0.3) is 0 Å². The predicted molar refractivity (Wildman–Crippen MR) is 61.9 cm³/mol. The summed E-state index contributed by atoms with van der Waals surface area (Å²) in [4.78, 5) is 0. The Kier molecular flexibility index (Phi) is 13.6. The smallest absolute Gasteiger partial charge is 0.153 e. The normalized spacial score (nSPS) is 12.1. The maximum Gasteiger partial charge on any atom is -0.153 e. The van der Waals surface area contributed by atoms with Crippen LogP contribution in [0.1, 0.15) is 0 Å². The molecule has 0 amide bonds. The van der Waals surface area contributed by atoms with E-state index in [-0.39, 0.29) is 35.3 Å². The summed E-state index contributed by atoms with van der Waals surface area (Å²) >= 11 is 0. The van der Waals surface area contributed by atoms with Crippen LogP contribution in [0.3, 0.4) is 0 Å². The average Bonchev–Trinajstić information content (AvgIpc) is 2.07. The number of aliphatic hydroxyl groups excluding tert-OH is 4. The van der Waals surface area contributed by atoms with Gasteiger partial charge in [-0.2, -0.15) is 18.3 Å². The average molecular weight is 288 g/mol. The molecule has 11 heteroatoms. The zero-order valence-corrected chi connectivity index (χ0v) is 11.2. The number of hydrogen-bond acceptors (Lipinski definition) is 6. The van der Waals surface area contributed by atoms with Gasteiger partial charge in [0.2, 0.25) is 0 Å². The third-order valence-corrected chi connectivity index (χ3v) is 4.02. The van der Waals surface area contributed by atoms with Crippen molar-refractivity contribution in [1.82, 2.24) is 0 Å². The Morgan fingerprint density at radius 2 is 0.933 bits per heavy atom. The topological polar surface area (TPSA) is 156 Å². The minimum atomic E-state index is -4.67. The molecule has 98 valence electrons. The van der Waals surface area contributed by atoms with Crippen LogP contribution in [-0.2, 0) is 10.4 Å². The minimum absolute atomic E-state index is 0. The molecule has 0 aromatic rings. The van der Waals surface area contributed by atoms with Crippen molar-refractivity contribution in [2.45, 2.75) is 0 Å². The molecule has 8 nitrogen and oxygen atoms in total. The molecule has 0 aromatic heterocycles. The quantitative estimate of drug-likeness (QED) is 0.255. The summed E-state index contributed by atoms with van der Waals surface area (Å²) in [5, 5.41) is 34.2. The third-order valence-electron chi connectivity index (χ3n) is 1.34. The molecule has 0 spiro atoms. The van der Waals surface area contributed by atoms with Gasteiger partial charge in [-0.15, -0.1) is 0 Å². The molecule has 1 atom stereocenters. The summed E-state index contributed by atoms with van der Waals surface area (Å²) in [6, 6.07) is 0. The van der Waals surface area contributed by atoms with Crippen molar-refractivity contribution in [2.75, 3.05) is 25.4 Å². The van der Waals surface area contributed by atoms with Crippen molar-refractivity contribution >= 4 is 27.6 Å². The van der Waals surface area contributed by atoms with Crippen molar-refractivity contribution in [3.05, 3.63) is 0 Å². The third kappa shape index (κ3) is 14.6. The second-order valence-electron chi connectivity index (χ2n) is 2.58. The first-order valence-electron chi connectivity index (χ1n) is 3.38. The Bertz CT molecular complexity index is 199. The molecule has 0 radical (unpaired) electrons. The first-order valence-corrected chi connectivity index (χ1v) is 7.60.